The molecule has 0 aromatic heterocycles. The molecule has 0 fully saturated rings. The third-order valence-corrected chi connectivity index (χ3v) is 5.11. The largest absolute Gasteiger partial charge is 0.489 e. The van der Waals surface area contributed by atoms with Gasteiger partial charge in [-0.1, -0.05) is 11.6 Å². The number of sulfonamides is 1. The van der Waals surface area contributed by atoms with E-state index in [1.807, 2.05) is 6.92 Å². The number of benzene rings is 1. The molecule has 1 aliphatic heterocycles. The van der Waals surface area contributed by atoms with Gasteiger partial charge < -0.3 is 10.5 Å². The molecule has 0 spiro atoms. The standard InChI is InChI=1S/C13H19ClN2O3S/c1-8-4-9-5-10(6-11(14)12(9)19-8)20(17,18)16-13(2,3)7-15/h5-6,8,16H,4,7,15H2,1-3H3. The van der Waals surface area contributed by atoms with Crippen molar-refractivity contribution in [1.29, 1.82) is 0 Å². The smallest absolute Gasteiger partial charge is 0.241 e. The minimum absolute atomic E-state index is 0.00824. The second-order valence-electron chi connectivity index (χ2n) is 5.72. The second-order valence-corrected chi connectivity index (χ2v) is 7.81. The predicted octanol–water partition coefficient (Wildman–Crippen LogP) is 1.68. The number of halogens is 1. The van der Waals surface area contributed by atoms with Crippen molar-refractivity contribution in [2.75, 3.05) is 6.54 Å². The van der Waals surface area contributed by atoms with Gasteiger partial charge in [0.25, 0.3) is 0 Å². The van der Waals surface area contributed by atoms with Crippen LogP contribution in [0.4, 0.5) is 0 Å². The lowest BCUT2D eigenvalue weighted by Gasteiger charge is -2.24. The highest BCUT2D eigenvalue weighted by molar-refractivity contribution is 7.89. The zero-order valence-electron chi connectivity index (χ0n) is 11.7. The molecule has 0 bridgehead atoms. The predicted molar refractivity (Wildman–Crippen MR) is 78.7 cm³/mol. The van der Waals surface area contributed by atoms with Crippen molar-refractivity contribution in [3.8, 4) is 5.75 Å². The quantitative estimate of drug-likeness (QED) is 0.885. The molecular weight excluding hydrogens is 300 g/mol. The molecule has 0 saturated heterocycles. The highest BCUT2D eigenvalue weighted by Gasteiger charge is 2.29. The van der Waals surface area contributed by atoms with Crippen LogP contribution in [0.1, 0.15) is 26.3 Å². The van der Waals surface area contributed by atoms with Gasteiger partial charge in [0.05, 0.1) is 9.92 Å². The first kappa shape index (κ1) is 15.6. The highest BCUT2D eigenvalue weighted by atomic mass is 35.5. The Labute approximate surface area is 124 Å². The van der Waals surface area contributed by atoms with Crippen LogP contribution < -0.4 is 15.2 Å². The Hall–Kier alpha value is -0.820. The Morgan fingerprint density at radius 1 is 1.50 bits per heavy atom. The lowest BCUT2D eigenvalue weighted by Crippen LogP contribution is -2.48. The zero-order chi connectivity index (χ0) is 15.1. The molecular formula is C13H19ClN2O3S. The van der Waals surface area contributed by atoms with Crippen LogP contribution >= 0.6 is 11.6 Å². The molecule has 5 nitrogen and oxygen atoms in total. The maximum atomic E-state index is 12.4. The molecule has 20 heavy (non-hydrogen) atoms. The van der Waals surface area contributed by atoms with Crippen LogP contribution in [-0.4, -0.2) is 26.6 Å². The first-order valence-electron chi connectivity index (χ1n) is 6.38. The molecule has 0 amide bonds. The molecule has 0 saturated carbocycles. The number of fused-ring (bicyclic) bond motifs is 1. The number of hydrogen-bond acceptors (Lipinski definition) is 4. The Balaban J connectivity index is 2.40. The molecule has 2 rings (SSSR count). The third kappa shape index (κ3) is 3.09. The van der Waals surface area contributed by atoms with Gasteiger partial charge in [0.1, 0.15) is 11.9 Å². The molecule has 0 radical (unpaired) electrons. The fraction of sp³-hybridized carbons (Fsp3) is 0.538. The van der Waals surface area contributed by atoms with Crippen LogP contribution in [0.15, 0.2) is 17.0 Å². The topological polar surface area (TPSA) is 81.4 Å². The molecule has 1 heterocycles. The number of hydrogen-bond donors (Lipinski definition) is 2. The Kier molecular flexibility index (Phi) is 4.03. The zero-order valence-corrected chi connectivity index (χ0v) is 13.3. The minimum atomic E-state index is -3.66. The van der Waals surface area contributed by atoms with E-state index < -0.39 is 15.6 Å². The average molecular weight is 319 g/mol. The van der Waals surface area contributed by atoms with Crippen LogP contribution in [0.2, 0.25) is 5.02 Å². The molecule has 1 aromatic rings. The van der Waals surface area contributed by atoms with Crippen molar-refractivity contribution in [3.63, 3.8) is 0 Å². The van der Waals surface area contributed by atoms with Crippen molar-refractivity contribution in [1.82, 2.24) is 4.72 Å². The van der Waals surface area contributed by atoms with E-state index in [0.717, 1.165) is 5.56 Å². The van der Waals surface area contributed by atoms with E-state index in [4.69, 9.17) is 22.1 Å². The number of ether oxygens (including phenoxy) is 1. The van der Waals surface area contributed by atoms with Crippen LogP contribution in [0.25, 0.3) is 0 Å². The third-order valence-electron chi connectivity index (χ3n) is 3.15. The summed E-state index contributed by atoms with van der Waals surface area (Å²) in [5.41, 5.74) is 5.66. The van der Waals surface area contributed by atoms with Gasteiger partial charge in [0.2, 0.25) is 10.0 Å². The van der Waals surface area contributed by atoms with Crippen LogP contribution in [-0.2, 0) is 16.4 Å². The maximum Gasteiger partial charge on any atom is 0.241 e. The van der Waals surface area contributed by atoms with E-state index in [9.17, 15) is 8.42 Å². The van der Waals surface area contributed by atoms with Crippen molar-refractivity contribution in [2.24, 2.45) is 5.73 Å². The first-order chi connectivity index (χ1) is 9.14. The molecule has 1 aromatic carbocycles. The Morgan fingerprint density at radius 2 is 2.15 bits per heavy atom. The first-order valence-corrected chi connectivity index (χ1v) is 8.24. The summed E-state index contributed by atoms with van der Waals surface area (Å²) < 4.78 is 32.9. The Morgan fingerprint density at radius 3 is 2.75 bits per heavy atom. The normalized spacial score (nSPS) is 18.8. The maximum absolute atomic E-state index is 12.4. The fourth-order valence-corrected chi connectivity index (χ4v) is 3.93. The minimum Gasteiger partial charge on any atom is -0.489 e. The van der Waals surface area contributed by atoms with E-state index in [1.165, 1.54) is 6.07 Å². The van der Waals surface area contributed by atoms with Crippen LogP contribution in [0.5, 0.6) is 5.75 Å². The van der Waals surface area contributed by atoms with Gasteiger partial charge in [-0.15, -0.1) is 0 Å². The second kappa shape index (κ2) is 5.18. The molecule has 112 valence electrons. The molecule has 3 N–H and O–H groups in total. The summed E-state index contributed by atoms with van der Waals surface area (Å²) in [4.78, 5) is 0.139. The summed E-state index contributed by atoms with van der Waals surface area (Å²) in [5.74, 6) is 0.580. The van der Waals surface area contributed by atoms with Crippen molar-refractivity contribution < 1.29 is 13.2 Å². The van der Waals surface area contributed by atoms with E-state index in [1.54, 1.807) is 19.9 Å². The molecule has 7 heteroatoms. The molecule has 1 aliphatic rings. The summed E-state index contributed by atoms with van der Waals surface area (Å²) in [7, 11) is -3.66. The lowest BCUT2D eigenvalue weighted by molar-refractivity contribution is 0.255. The summed E-state index contributed by atoms with van der Waals surface area (Å²) in [6.45, 7) is 5.57. The van der Waals surface area contributed by atoms with Crippen molar-refractivity contribution >= 4 is 21.6 Å². The summed E-state index contributed by atoms with van der Waals surface area (Å²) in [6, 6.07) is 3.02. The van der Waals surface area contributed by atoms with Gasteiger partial charge in [-0.2, -0.15) is 0 Å². The van der Waals surface area contributed by atoms with E-state index in [0.29, 0.717) is 17.2 Å². The summed E-state index contributed by atoms with van der Waals surface area (Å²) in [5, 5.41) is 0.317. The van der Waals surface area contributed by atoms with Gasteiger partial charge in [0.15, 0.2) is 0 Å². The molecule has 0 aliphatic carbocycles. The number of rotatable bonds is 4. The van der Waals surface area contributed by atoms with Crippen LogP contribution in [0, 0.1) is 0 Å². The highest BCUT2D eigenvalue weighted by Crippen LogP contribution is 2.38. The molecule has 1 unspecified atom stereocenters. The van der Waals surface area contributed by atoms with E-state index in [2.05, 4.69) is 4.72 Å². The summed E-state index contributed by atoms with van der Waals surface area (Å²) >= 11 is 6.11. The monoisotopic (exact) mass is 318 g/mol. The number of nitrogens with two attached hydrogens (primary N) is 1. The fourth-order valence-electron chi connectivity index (χ4n) is 2.08. The van der Waals surface area contributed by atoms with Gasteiger partial charge in [-0.3, -0.25) is 0 Å². The average Bonchev–Trinajstić information content (AvgIpc) is 2.69. The van der Waals surface area contributed by atoms with Crippen LogP contribution in [0.3, 0.4) is 0 Å². The SMILES string of the molecule is CC1Cc2cc(S(=O)(=O)NC(C)(C)CN)cc(Cl)c2O1. The van der Waals surface area contributed by atoms with Crippen molar-refractivity contribution in [3.05, 3.63) is 22.7 Å². The number of nitrogens with one attached hydrogen (secondary N) is 1. The lowest BCUT2D eigenvalue weighted by atomic mass is 10.1. The van der Waals surface area contributed by atoms with Gasteiger partial charge in [-0.25, -0.2) is 13.1 Å². The van der Waals surface area contributed by atoms with E-state index >= 15 is 0 Å². The van der Waals surface area contributed by atoms with Gasteiger partial charge >= 0.3 is 0 Å². The van der Waals surface area contributed by atoms with Crippen molar-refractivity contribution in [2.45, 2.75) is 43.7 Å². The Bertz CT molecular complexity index is 629. The van der Waals surface area contributed by atoms with Gasteiger partial charge in [0, 0.05) is 24.1 Å². The molecule has 1 atom stereocenters. The summed E-state index contributed by atoms with van der Waals surface area (Å²) in [6.07, 6.45) is 0.660. The van der Waals surface area contributed by atoms with E-state index in [-0.39, 0.29) is 17.5 Å². The van der Waals surface area contributed by atoms with Gasteiger partial charge in [-0.05, 0) is 32.9 Å².